The third-order valence-electron chi connectivity index (χ3n) is 4.44. The molecule has 4 rings (SSSR count). The summed E-state index contributed by atoms with van der Waals surface area (Å²) in [4.78, 5) is 12.6. The molecule has 0 spiro atoms. The van der Waals surface area contributed by atoms with Crippen LogP contribution in [0.15, 0.2) is 89.3 Å². The zero-order chi connectivity index (χ0) is 20.1. The van der Waals surface area contributed by atoms with Crippen molar-refractivity contribution in [3.8, 4) is 11.5 Å². The third-order valence-corrected chi connectivity index (χ3v) is 4.44. The van der Waals surface area contributed by atoms with Crippen LogP contribution in [0.5, 0.6) is 0 Å². The van der Waals surface area contributed by atoms with Gasteiger partial charge in [-0.25, -0.2) is 4.39 Å². The molecule has 0 radical (unpaired) electrons. The van der Waals surface area contributed by atoms with Crippen molar-refractivity contribution in [2.45, 2.75) is 12.5 Å². The van der Waals surface area contributed by atoms with Crippen molar-refractivity contribution >= 4 is 5.91 Å². The van der Waals surface area contributed by atoms with E-state index in [1.807, 2.05) is 60.7 Å². The number of carbonyl (C=O) groups excluding carboxylic acids is 1. The first-order valence-corrected chi connectivity index (χ1v) is 9.17. The Labute approximate surface area is 167 Å². The number of carbonyl (C=O) groups is 1. The Hall–Kier alpha value is -3.80. The van der Waals surface area contributed by atoms with Gasteiger partial charge in [0.1, 0.15) is 11.9 Å². The van der Waals surface area contributed by atoms with E-state index < -0.39 is 11.9 Å². The lowest BCUT2D eigenvalue weighted by Crippen LogP contribution is -2.31. The summed E-state index contributed by atoms with van der Waals surface area (Å²) in [7, 11) is 0. The van der Waals surface area contributed by atoms with Crippen molar-refractivity contribution in [1.29, 1.82) is 0 Å². The summed E-state index contributed by atoms with van der Waals surface area (Å²) >= 11 is 0. The SMILES string of the molecule is O=C(Cc1ccccc1)N[C@@H](c1nnc(-c2ccccc2)o1)c1ccccc1F. The van der Waals surface area contributed by atoms with Crippen LogP contribution in [-0.2, 0) is 11.2 Å². The first-order chi connectivity index (χ1) is 14.2. The molecule has 0 aliphatic carbocycles. The first kappa shape index (κ1) is 18.6. The maximum absolute atomic E-state index is 14.5. The molecule has 0 fully saturated rings. The number of nitrogens with one attached hydrogen (secondary N) is 1. The van der Waals surface area contributed by atoms with Crippen LogP contribution < -0.4 is 5.32 Å². The lowest BCUT2D eigenvalue weighted by Gasteiger charge is -2.16. The second-order valence-corrected chi connectivity index (χ2v) is 6.50. The van der Waals surface area contributed by atoms with E-state index in [1.54, 1.807) is 18.2 Å². The Morgan fingerprint density at radius 2 is 1.55 bits per heavy atom. The molecule has 29 heavy (non-hydrogen) atoms. The Kier molecular flexibility index (Phi) is 5.42. The molecule has 0 aliphatic heterocycles. The lowest BCUT2D eigenvalue weighted by molar-refractivity contribution is -0.121. The van der Waals surface area contributed by atoms with Gasteiger partial charge in [0.05, 0.1) is 6.42 Å². The van der Waals surface area contributed by atoms with Crippen LogP contribution in [0.4, 0.5) is 4.39 Å². The van der Waals surface area contributed by atoms with Crippen molar-refractivity contribution in [3.05, 3.63) is 108 Å². The Morgan fingerprint density at radius 3 is 2.28 bits per heavy atom. The maximum atomic E-state index is 14.5. The van der Waals surface area contributed by atoms with Gasteiger partial charge in [-0.1, -0.05) is 66.7 Å². The van der Waals surface area contributed by atoms with E-state index in [1.165, 1.54) is 6.07 Å². The fraction of sp³-hybridized carbons (Fsp3) is 0.0870. The number of nitrogens with zero attached hydrogens (tertiary/aromatic N) is 2. The van der Waals surface area contributed by atoms with Gasteiger partial charge in [-0.3, -0.25) is 4.79 Å². The second kappa shape index (κ2) is 8.48. The number of hydrogen-bond donors (Lipinski definition) is 1. The van der Waals surface area contributed by atoms with Crippen molar-refractivity contribution in [2.24, 2.45) is 0 Å². The van der Waals surface area contributed by atoms with Gasteiger partial charge >= 0.3 is 0 Å². The zero-order valence-electron chi connectivity index (χ0n) is 15.5. The van der Waals surface area contributed by atoms with Gasteiger partial charge in [0.2, 0.25) is 17.7 Å². The minimum absolute atomic E-state index is 0.121. The highest BCUT2D eigenvalue weighted by molar-refractivity contribution is 5.79. The second-order valence-electron chi connectivity index (χ2n) is 6.50. The lowest BCUT2D eigenvalue weighted by atomic mass is 10.1. The van der Waals surface area contributed by atoms with E-state index in [2.05, 4.69) is 15.5 Å². The highest BCUT2D eigenvalue weighted by Crippen LogP contribution is 2.26. The number of rotatable bonds is 6. The molecule has 0 unspecified atom stereocenters. The molecular weight excluding hydrogens is 369 g/mol. The molecule has 4 aromatic rings. The topological polar surface area (TPSA) is 68.0 Å². The molecule has 1 N–H and O–H groups in total. The van der Waals surface area contributed by atoms with Crippen molar-refractivity contribution < 1.29 is 13.6 Å². The molecule has 1 atom stereocenters. The van der Waals surface area contributed by atoms with Crippen LogP contribution in [0.3, 0.4) is 0 Å². The van der Waals surface area contributed by atoms with Crippen LogP contribution >= 0.6 is 0 Å². The van der Waals surface area contributed by atoms with Crippen molar-refractivity contribution in [3.63, 3.8) is 0 Å². The third kappa shape index (κ3) is 4.38. The molecule has 1 heterocycles. The predicted molar refractivity (Wildman–Crippen MR) is 106 cm³/mol. The van der Waals surface area contributed by atoms with Crippen LogP contribution in [0.25, 0.3) is 11.5 Å². The highest BCUT2D eigenvalue weighted by atomic mass is 19.1. The predicted octanol–water partition coefficient (Wildman–Crippen LogP) is 4.32. The van der Waals surface area contributed by atoms with Gasteiger partial charge in [0.25, 0.3) is 0 Å². The Morgan fingerprint density at radius 1 is 0.897 bits per heavy atom. The molecule has 1 aromatic heterocycles. The van der Waals surface area contributed by atoms with Crippen LogP contribution in [0, 0.1) is 5.82 Å². The summed E-state index contributed by atoms with van der Waals surface area (Å²) in [6.45, 7) is 0. The molecule has 0 saturated carbocycles. The normalized spacial score (nSPS) is 11.8. The van der Waals surface area contributed by atoms with Crippen molar-refractivity contribution in [2.75, 3.05) is 0 Å². The monoisotopic (exact) mass is 387 g/mol. The molecule has 0 bridgehead atoms. The smallest absolute Gasteiger partial charge is 0.247 e. The van der Waals surface area contributed by atoms with Gasteiger partial charge in [-0.15, -0.1) is 10.2 Å². The van der Waals surface area contributed by atoms with Gasteiger partial charge in [0.15, 0.2) is 0 Å². The number of benzene rings is 3. The molecule has 5 nitrogen and oxygen atoms in total. The van der Waals surface area contributed by atoms with Crippen molar-refractivity contribution in [1.82, 2.24) is 15.5 Å². The molecule has 144 valence electrons. The number of hydrogen-bond acceptors (Lipinski definition) is 4. The fourth-order valence-electron chi connectivity index (χ4n) is 3.02. The van der Waals surface area contributed by atoms with E-state index >= 15 is 0 Å². The van der Waals surface area contributed by atoms with Crippen LogP contribution in [0.2, 0.25) is 0 Å². The van der Waals surface area contributed by atoms with E-state index in [4.69, 9.17) is 4.42 Å². The average molecular weight is 387 g/mol. The number of aromatic nitrogens is 2. The van der Waals surface area contributed by atoms with E-state index in [0.29, 0.717) is 5.89 Å². The summed E-state index contributed by atoms with van der Waals surface area (Å²) in [6, 6.07) is 23.9. The molecule has 0 aliphatic rings. The quantitative estimate of drug-likeness (QED) is 0.535. The van der Waals surface area contributed by atoms with Crippen LogP contribution in [-0.4, -0.2) is 16.1 Å². The molecule has 6 heteroatoms. The Bertz CT molecular complexity index is 1100. The fourth-order valence-corrected chi connectivity index (χ4v) is 3.02. The zero-order valence-corrected chi connectivity index (χ0v) is 15.5. The van der Waals surface area contributed by atoms with Crippen LogP contribution in [0.1, 0.15) is 23.1 Å². The van der Waals surface area contributed by atoms with Gasteiger partial charge in [-0.05, 0) is 23.8 Å². The summed E-state index contributed by atoms with van der Waals surface area (Å²) in [5, 5.41) is 11.0. The maximum Gasteiger partial charge on any atom is 0.247 e. The summed E-state index contributed by atoms with van der Waals surface area (Å²) in [5.41, 5.74) is 1.86. The number of amides is 1. The number of halogens is 1. The average Bonchev–Trinajstić information content (AvgIpc) is 3.24. The molecular formula is C23H18FN3O2. The summed E-state index contributed by atoms with van der Waals surface area (Å²) < 4.78 is 20.3. The molecule has 3 aromatic carbocycles. The minimum atomic E-state index is -0.891. The standard InChI is InChI=1S/C23H18FN3O2/c24-19-14-8-7-13-18(19)21(25-20(28)15-16-9-3-1-4-10-16)23-27-26-22(29-23)17-11-5-2-6-12-17/h1-14,21H,15H2,(H,25,28)/t21-/m1/s1. The summed E-state index contributed by atoms with van der Waals surface area (Å²) in [5.74, 6) is -0.310. The largest absolute Gasteiger partial charge is 0.418 e. The molecule has 0 saturated heterocycles. The Balaban J connectivity index is 1.64. The first-order valence-electron chi connectivity index (χ1n) is 9.17. The van der Waals surface area contributed by atoms with E-state index in [-0.39, 0.29) is 23.8 Å². The minimum Gasteiger partial charge on any atom is -0.418 e. The summed E-state index contributed by atoms with van der Waals surface area (Å²) in [6.07, 6.45) is 0.158. The van der Waals surface area contributed by atoms with Gasteiger partial charge in [0, 0.05) is 11.1 Å². The molecule has 1 amide bonds. The highest BCUT2D eigenvalue weighted by Gasteiger charge is 2.26. The van der Waals surface area contributed by atoms with E-state index in [0.717, 1.165) is 11.1 Å². The van der Waals surface area contributed by atoms with E-state index in [9.17, 15) is 9.18 Å². The van der Waals surface area contributed by atoms with Gasteiger partial charge < -0.3 is 9.73 Å². The van der Waals surface area contributed by atoms with Gasteiger partial charge in [-0.2, -0.15) is 0 Å².